The van der Waals surface area contributed by atoms with Crippen LogP contribution in [-0.4, -0.2) is 43.2 Å². The van der Waals surface area contributed by atoms with Crippen molar-refractivity contribution in [2.45, 2.75) is 19.9 Å². The highest BCUT2D eigenvalue weighted by atomic mass is 16.5. The highest BCUT2D eigenvalue weighted by Gasteiger charge is 1.99. The van der Waals surface area contributed by atoms with E-state index in [9.17, 15) is 4.79 Å². The largest absolute Gasteiger partial charge is 0.480 e. The quantitative estimate of drug-likeness (QED) is 0.642. The average Bonchev–Trinajstić information content (AvgIpc) is 2.39. The molecular formula is C12H21N3O3. The topological polar surface area (TPSA) is 65.4 Å². The summed E-state index contributed by atoms with van der Waals surface area (Å²) in [5.74, 6) is 0.450. The summed E-state index contributed by atoms with van der Waals surface area (Å²) >= 11 is 0. The summed E-state index contributed by atoms with van der Waals surface area (Å²) in [6, 6.07) is 3.02. The van der Waals surface area contributed by atoms with Crippen molar-refractivity contribution >= 4 is 0 Å². The van der Waals surface area contributed by atoms with Gasteiger partial charge in [0.1, 0.15) is 0 Å². The maximum Gasteiger partial charge on any atom is 0.267 e. The Morgan fingerprint density at radius 3 is 2.94 bits per heavy atom. The summed E-state index contributed by atoms with van der Waals surface area (Å²) in [6.07, 6.45) is 0.967. The molecule has 0 saturated carbocycles. The Hall–Kier alpha value is -1.40. The normalized spacial score (nSPS) is 10.6. The van der Waals surface area contributed by atoms with Crippen LogP contribution in [0.5, 0.6) is 5.88 Å². The molecule has 0 radical (unpaired) electrons. The van der Waals surface area contributed by atoms with Crippen molar-refractivity contribution in [1.29, 1.82) is 0 Å². The number of rotatable bonds is 9. The van der Waals surface area contributed by atoms with E-state index in [0.29, 0.717) is 19.0 Å². The average molecular weight is 255 g/mol. The molecule has 0 aliphatic carbocycles. The SMILES string of the molecule is CCOCCCNCCn1nc(OC)ccc1=O. The summed E-state index contributed by atoms with van der Waals surface area (Å²) in [7, 11) is 1.53. The van der Waals surface area contributed by atoms with Crippen LogP contribution in [-0.2, 0) is 11.3 Å². The molecular weight excluding hydrogens is 234 g/mol. The van der Waals surface area contributed by atoms with Gasteiger partial charge in [-0.3, -0.25) is 4.79 Å². The van der Waals surface area contributed by atoms with Crippen LogP contribution in [0.1, 0.15) is 13.3 Å². The van der Waals surface area contributed by atoms with E-state index < -0.39 is 0 Å². The monoisotopic (exact) mass is 255 g/mol. The number of nitrogens with zero attached hydrogens (tertiary/aromatic N) is 2. The molecule has 1 aromatic rings. The molecule has 0 saturated heterocycles. The maximum atomic E-state index is 11.5. The summed E-state index contributed by atoms with van der Waals surface area (Å²) in [5, 5.41) is 7.29. The van der Waals surface area contributed by atoms with Gasteiger partial charge in [0.25, 0.3) is 5.56 Å². The van der Waals surface area contributed by atoms with Crippen molar-refractivity contribution in [3.63, 3.8) is 0 Å². The van der Waals surface area contributed by atoms with Crippen LogP contribution in [0.15, 0.2) is 16.9 Å². The van der Waals surface area contributed by atoms with E-state index >= 15 is 0 Å². The smallest absolute Gasteiger partial charge is 0.267 e. The Labute approximate surface area is 107 Å². The molecule has 0 spiro atoms. The molecule has 6 heteroatoms. The Morgan fingerprint density at radius 1 is 1.39 bits per heavy atom. The van der Waals surface area contributed by atoms with E-state index in [2.05, 4.69) is 10.4 Å². The first kappa shape index (κ1) is 14.7. The highest BCUT2D eigenvalue weighted by molar-refractivity contribution is 5.05. The number of hydrogen-bond donors (Lipinski definition) is 1. The van der Waals surface area contributed by atoms with E-state index in [1.165, 1.54) is 17.9 Å². The summed E-state index contributed by atoms with van der Waals surface area (Å²) < 4.78 is 11.6. The van der Waals surface area contributed by atoms with Crippen molar-refractivity contribution in [2.75, 3.05) is 33.4 Å². The van der Waals surface area contributed by atoms with Crippen LogP contribution >= 0.6 is 0 Å². The predicted octanol–water partition coefficient (Wildman–Crippen LogP) is 0.268. The molecule has 1 heterocycles. The van der Waals surface area contributed by atoms with Gasteiger partial charge in [0.2, 0.25) is 5.88 Å². The molecule has 0 aliphatic heterocycles. The molecule has 6 nitrogen and oxygen atoms in total. The molecule has 1 N–H and O–H groups in total. The van der Waals surface area contributed by atoms with Gasteiger partial charge in [0.15, 0.2) is 0 Å². The maximum absolute atomic E-state index is 11.5. The van der Waals surface area contributed by atoms with Crippen LogP contribution in [0.2, 0.25) is 0 Å². The van der Waals surface area contributed by atoms with Crippen LogP contribution in [0.4, 0.5) is 0 Å². The highest BCUT2D eigenvalue weighted by Crippen LogP contribution is 1.98. The van der Waals surface area contributed by atoms with E-state index in [1.807, 2.05) is 6.92 Å². The Balaban J connectivity index is 2.24. The van der Waals surface area contributed by atoms with E-state index in [4.69, 9.17) is 9.47 Å². The Morgan fingerprint density at radius 2 is 2.22 bits per heavy atom. The molecule has 102 valence electrons. The van der Waals surface area contributed by atoms with Gasteiger partial charge in [-0.1, -0.05) is 0 Å². The third kappa shape index (κ3) is 5.29. The zero-order valence-electron chi connectivity index (χ0n) is 11.0. The third-order valence-electron chi connectivity index (χ3n) is 2.40. The number of methoxy groups -OCH3 is 1. The molecule has 0 unspecified atom stereocenters. The first-order valence-corrected chi connectivity index (χ1v) is 6.18. The number of hydrogen-bond acceptors (Lipinski definition) is 5. The number of aromatic nitrogens is 2. The molecule has 0 aliphatic rings. The van der Waals surface area contributed by atoms with Gasteiger partial charge >= 0.3 is 0 Å². The van der Waals surface area contributed by atoms with Gasteiger partial charge < -0.3 is 14.8 Å². The summed E-state index contributed by atoms with van der Waals surface area (Å²) in [5.41, 5.74) is -0.119. The minimum absolute atomic E-state index is 0.119. The molecule has 18 heavy (non-hydrogen) atoms. The van der Waals surface area contributed by atoms with Crippen LogP contribution in [0, 0.1) is 0 Å². The zero-order chi connectivity index (χ0) is 13.2. The number of nitrogens with one attached hydrogen (secondary N) is 1. The van der Waals surface area contributed by atoms with Crippen molar-refractivity contribution in [3.05, 3.63) is 22.5 Å². The fourth-order valence-electron chi connectivity index (χ4n) is 1.45. The molecule has 1 aromatic heterocycles. The lowest BCUT2D eigenvalue weighted by Crippen LogP contribution is -2.29. The van der Waals surface area contributed by atoms with Crippen molar-refractivity contribution in [2.24, 2.45) is 0 Å². The second-order valence-electron chi connectivity index (χ2n) is 3.74. The fourth-order valence-corrected chi connectivity index (χ4v) is 1.45. The summed E-state index contributed by atoms with van der Waals surface area (Å²) in [4.78, 5) is 11.5. The van der Waals surface area contributed by atoms with E-state index in [1.54, 1.807) is 6.07 Å². The second-order valence-corrected chi connectivity index (χ2v) is 3.74. The Kier molecular flexibility index (Phi) is 7.05. The van der Waals surface area contributed by atoms with Crippen molar-refractivity contribution in [1.82, 2.24) is 15.1 Å². The van der Waals surface area contributed by atoms with E-state index in [0.717, 1.165) is 26.2 Å². The second kappa shape index (κ2) is 8.66. The predicted molar refractivity (Wildman–Crippen MR) is 69.0 cm³/mol. The molecule has 0 aromatic carbocycles. The molecule has 0 fully saturated rings. The number of ether oxygens (including phenoxy) is 2. The van der Waals surface area contributed by atoms with Gasteiger partial charge in [0.05, 0.1) is 13.7 Å². The van der Waals surface area contributed by atoms with Crippen molar-refractivity contribution in [3.8, 4) is 5.88 Å². The minimum Gasteiger partial charge on any atom is -0.480 e. The first-order valence-electron chi connectivity index (χ1n) is 6.18. The van der Waals surface area contributed by atoms with Crippen LogP contribution in [0.25, 0.3) is 0 Å². The first-order chi connectivity index (χ1) is 8.77. The zero-order valence-corrected chi connectivity index (χ0v) is 11.0. The van der Waals surface area contributed by atoms with Gasteiger partial charge in [-0.05, 0) is 19.9 Å². The lowest BCUT2D eigenvalue weighted by Gasteiger charge is -2.07. The fraction of sp³-hybridized carbons (Fsp3) is 0.667. The summed E-state index contributed by atoms with van der Waals surface area (Å²) in [6.45, 7) is 5.61. The molecule has 0 atom stereocenters. The lowest BCUT2D eigenvalue weighted by atomic mass is 10.4. The standard InChI is InChI=1S/C12H21N3O3/c1-3-18-10-4-7-13-8-9-15-12(16)6-5-11(14-15)17-2/h5-6,13H,3-4,7-10H2,1-2H3. The Bertz CT molecular complexity index is 392. The van der Waals surface area contributed by atoms with Crippen LogP contribution < -0.4 is 15.6 Å². The molecule has 0 bridgehead atoms. The molecule has 0 amide bonds. The van der Waals surface area contributed by atoms with Gasteiger partial charge in [-0.2, -0.15) is 0 Å². The third-order valence-corrected chi connectivity index (χ3v) is 2.40. The van der Waals surface area contributed by atoms with Gasteiger partial charge in [-0.15, -0.1) is 5.10 Å². The lowest BCUT2D eigenvalue weighted by molar-refractivity contribution is 0.144. The van der Waals surface area contributed by atoms with Gasteiger partial charge in [0, 0.05) is 31.9 Å². The van der Waals surface area contributed by atoms with Crippen molar-refractivity contribution < 1.29 is 9.47 Å². The van der Waals surface area contributed by atoms with Gasteiger partial charge in [-0.25, -0.2) is 4.68 Å². The minimum atomic E-state index is -0.119. The van der Waals surface area contributed by atoms with E-state index in [-0.39, 0.29) is 5.56 Å². The van der Waals surface area contributed by atoms with Crippen LogP contribution in [0.3, 0.4) is 0 Å². The molecule has 1 rings (SSSR count).